The van der Waals surface area contributed by atoms with Gasteiger partial charge < -0.3 is 14.8 Å². The minimum absolute atomic E-state index is 0.260. The van der Waals surface area contributed by atoms with Gasteiger partial charge >= 0.3 is 0 Å². The Hall–Kier alpha value is -3.86. The van der Waals surface area contributed by atoms with Crippen LogP contribution in [0.4, 0.5) is 5.82 Å². The van der Waals surface area contributed by atoms with Gasteiger partial charge in [0.25, 0.3) is 0 Å². The molecule has 34 heavy (non-hydrogen) atoms. The third-order valence-electron chi connectivity index (χ3n) is 7.03. The molecule has 1 aliphatic rings. The predicted octanol–water partition coefficient (Wildman–Crippen LogP) is 5.54. The number of piperazine rings is 1. The first-order valence-electron chi connectivity index (χ1n) is 12.1. The number of aromatic amines is 1. The van der Waals surface area contributed by atoms with Crippen molar-refractivity contribution in [3.05, 3.63) is 84.6 Å². The van der Waals surface area contributed by atoms with Crippen molar-refractivity contribution in [2.45, 2.75) is 19.3 Å². The van der Waals surface area contributed by atoms with Gasteiger partial charge in [-0.15, -0.1) is 0 Å². The Kier molecular flexibility index (Phi) is 5.38. The number of carbonyl (C=O) groups is 1. The van der Waals surface area contributed by atoms with Crippen molar-refractivity contribution in [3.63, 3.8) is 0 Å². The Bertz CT molecular complexity index is 1480. The highest BCUT2D eigenvalue weighted by molar-refractivity contribution is 6.10. The molecule has 1 N–H and O–H groups in total. The van der Waals surface area contributed by atoms with Crippen LogP contribution in [-0.2, 0) is 11.2 Å². The molecule has 1 aliphatic heterocycles. The molecule has 170 valence electrons. The number of para-hydroxylation sites is 2. The summed E-state index contributed by atoms with van der Waals surface area (Å²) in [5.41, 5.74) is 3.48. The number of pyridine rings is 1. The van der Waals surface area contributed by atoms with Gasteiger partial charge in [-0.05, 0) is 35.9 Å². The number of hydrogen-bond acceptors (Lipinski definition) is 3. The molecule has 0 bridgehead atoms. The second kappa shape index (κ2) is 8.82. The molecule has 0 spiro atoms. The highest BCUT2D eigenvalue weighted by atomic mass is 16.2. The number of aryl methyl sites for hydroxylation is 1. The molecule has 3 heterocycles. The van der Waals surface area contributed by atoms with Gasteiger partial charge in [0.05, 0.1) is 5.52 Å². The van der Waals surface area contributed by atoms with Gasteiger partial charge in [0.2, 0.25) is 5.91 Å². The maximum Gasteiger partial charge on any atom is 0.222 e. The van der Waals surface area contributed by atoms with E-state index >= 15 is 0 Å². The van der Waals surface area contributed by atoms with E-state index in [4.69, 9.17) is 4.98 Å². The monoisotopic (exact) mass is 448 g/mol. The average molecular weight is 449 g/mol. The molecule has 3 aromatic carbocycles. The molecule has 2 aromatic heterocycles. The number of rotatable bonds is 5. The van der Waals surface area contributed by atoms with E-state index < -0.39 is 0 Å². The van der Waals surface area contributed by atoms with E-state index in [9.17, 15) is 4.79 Å². The number of fused-ring (bicyclic) bond motifs is 4. The molecule has 1 amide bonds. The van der Waals surface area contributed by atoms with Crippen LogP contribution in [-0.4, -0.2) is 47.0 Å². The van der Waals surface area contributed by atoms with Crippen LogP contribution in [0, 0.1) is 0 Å². The van der Waals surface area contributed by atoms with Crippen LogP contribution in [0.5, 0.6) is 0 Å². The summed E-state index contributed by atoms with van der Waals surface area (Å²) in [4.78, 5) is 25.6. The number of benzene rings is 3. The normalized spacial score (nSPS) is 14.4. The number of anilines is 1. The van der Waals surface area contributed by atoms with Crippen molar-refractivity contribution >= 4 is 44.3 Å². The lowest BCUT2D eigenvalue weighted by Gasteiger charge is -2.36. The molecule has 0 radical (unpaired) electrons. The van der Waals surface area contributed by atoms with Crippen molar-refractivity contribution < 1.29 is 4.79 Å². The summed E-state index contributed by atoms with van der Waals surface area (Å²) < 4.78 is 0. The zero-order chi connectivity index (χ0) is 22.9. The molecular formula is C29H28N4O. The van der Waals surface area contributed by atoms with Crippen LogP contribution in [0.25, 0.3) is 32.6 Å². The number of amides is 1. The summed E-state index contributed by atoms with van der Waals surface area (Å²) in [5, 5.41) is 4.86. The Morgan fingerprint density at radius 3 is 2.29 bits per heavy atom. The van der Waals surface area contributed by atoms with Crippen LogP contribution in [0.3, 0.4) is 0 Å². The molecule has 0 saturated carbocycles. The number of hydrogen-bond donors (Lipinski definition) is 1. The van der Waals surface area contributed by atoms with Crippen molar-refractivity contribution in [1.82, 2.24) is 14.9 Å². The fourth-order valence-electron chi connectivity index (χ4n) is 5.22. The summed E-state index contributed by atoms with van der Waals surface area (Å²) in [6.07, 6.45) is 4.46. The maximum absolute atomic E-state index is 12.9. The van der Waals surface area contributed by atoms with Gasteiger partial charge in [-0.25, -0.2) is 4.98 Å². The number of nitrogens with zero attached hydrogens (tertiary/aromatic N) is 3. The highest BCUT2D eigenvalue weighted by Gasteiger charge is 2.23. The van der Waals surface area contributed by atoms with Gasteiger partial charge in [0, 0.05) is 60.5 Å². The first-order chi connectivity index (χ1) is 16.8. The van der Waals surface area contributed by atoms with Crippen LogP contribution < -0.4 is 4.90 Å². The summed E-state index contributed by atoms with van der Waals surface area (Å²) in [6, 6.07) is 25.2. The molecule has 0 unspecified atom stereocenters. The third kappa shape index (κ3) is 3.77. The number of aromatic nitrogens is 2. The summed E-state index contributed by atoms with van der Waals surface area (Å²) in [7, 11) is 0. The van der Waals surface area contributed by atoms with Gasteiger partial charge in [-0.2, -0.15) is 0 Å². The lowest BCUT2D eigenvalue weighted by atomic mass is 10.1. The molecule has 5 aromatic rings. The van der Waals surface area contributed by atoms with E-state index in [1.807, 2.05) is 17.0 Å². The Morgan fingerprint density at radius 1 is 0.794 bits per heavy atom. The Balaban J connectivity index is 1.11. The smallest absolute Gasteiger partial charge is 0.222 e. The molecule has 6 rings (SSSR count). The van der Waals surface area contributed by atoms with Gasteiger partial charge in [-0.3, -0.25) is 4.79 Å². The SMILES string of the molecule is O=C(CCCc1c[nH]c2ccccc12)N1CCN(c2nc3ccccc3c3ccccc23)CC1. The topological polar surface area (TPSA) is 52.2 Å². The largest absolute Gasteiger partial charge is 0.361 e. The Labute approximate surface area is 199 Å². The molecular weight excluding hydrogens is 420 g/mol. The number of H-pyrrole nitrogens is 1. The maximum atomic E-state index is 12.9. The zero-order valence-electron chi connectivity index (χ0n) is 19.2. The summed E-state index contributed by atoms with van der Waals surface area (Å²) in [6.45, 7) is 3.11. The van der Waals surface area contributed by atoms with E-state index in [1.54, 1.807) is 0 Å². The third-order valence-corrected chi connectivity index (χ3v) is 7.03. The van der Waals surface area contributed by atoms with E-state index in [0.717, 1.165) is 55.9 Å². The van der Waals surface area contributed by atoms with Crippen LogP contribution in [0.2, 0.25) is 0 Å². The minimum atomic E-state index is 0.260. The van der Waals surface area contributed by atoms with E-state index in [2.05, 4.69) is 76.7 Å². The molecule has 1 fully saturated rings. The molecule has 1 saturated heterocycles. The minimum Gasteiger partial charge on any atom is -0.361 e. The molecule has 5 heteroatoms. The van der Waals surface area contributed by atoms with Gasteiger partial charge in [-0.1, -0.05) is 60.7 Å². The predicted molar refractivity (Wildman–Crippen MR) is 139 cm³/mol. The summed E-state index contributed by atoms with van der Waals surface area (Å²) >= 11 is 0. The first-order valence-corrected chi connectivity index (χ1v) is 12.1. The Morgan fingerprint density at radius 2 is 1.47 bits per heavy atom. The van der Waals surface area contributed by atoms with Crippen molar-refractivity contribution in [1.29, 1.82) is 0 Å². The second-order valence-electron chi connectivity index (χ2n) is 9.08. The fourth-order valence-corrected chi connectivity index (χ4v) is 5.22. The second-order valence-corrected chi connectivity index (χ2v) is 9.08. The molecule has 0 atom stereocenters. The first kappa shape index (κ1) is 20.7. The number of nitrogens with one attached hydrogen (secondary N) is 1. The molecule has 5 nitrogen and oxygen atoms in total. The van der Waals surface area contributed by atoms with E-state index in [1.165, 1.54) is 27.1 Å². The van der Waals surface area contributed by atoms with E-state index in [0.29, 0.717) is 6.42 Å². The zero-order valence-corrected chi connectivity index (χ0v) is 19.2. The van der Waals surface area contributed by atoms with Crippen molar-refractivity contribution in [2.75, 3.05) is 31.1 Å². The number of carbonyl (C=O) groups excluding carboxylic acids is 1. The molecule has 0 aliphatic carbocycles. The van der Waals surface area contributed by atoms with Crippen molar-refractivity contribution in [3.8, 4) is 0 Å². The quantitative estimate of drug-likeness (QED) is 0.359. The lowest BCUT2D eigenvalue weighted by molar-refractivity contribution is -0.131. The van der Waals surface area contributed by atoms with Crippen LogP contribution >= 0.6 is 0 Å². The van der Waals surface area contributed by atoms with Crippen LogP contribution in [0.1, 0.15) is 18.4 Å². The van der Waals surface area contributed by atoms with Crippen LogP contribution in [0.15, 0.2) is 79.0 Å². The standard InChI is InChI=1S/C29H28N4O/c34-28(15-7-8-21-20-30-26-13-5-3-9-22(21)26)32-16-18-33(19-17-32)29-25-12-2-1-10-23(25)24-11-4-6-14-27(24)31-29/h1-6,9-14,20,30H,7-8,15-19H2. The van der Waals surface area contributed by atoms with E-state index in [-0.39, 0.29) is 5.91 Å². The van der Waals surface area contributed by atoms with Gasteiger partial charge in [0.1, 0.15) is 5.82 Å². The summed E-state index contributed by atoms with van der Waals surface area (Å²) in [5.74, 6) is 1.29. The van der Waals surface area contributed by atoms with Crippen molar-refractivity contribution in [2.24, 2.45) is 0 Å². The highest BCUT2D eigenvalue weighted by Crippen LogP contribution is 2.31. The fraction of sp³-hybridized carbons (Fsp3) is 0.241. The van der Waals surface area contributed by atoms with Gasteiger partial charge in [0.15, 0.2) is 0 Å². The average Bonchev–Trinajstić information content (AvgIpc) is 3.31. The lowest BCUT2D eigenvalue weighted by Crippen LogP contribution is -2.49.